The first-order chi connectivity index (χ1) is 10.1. The third-order valence-electron chi connectivity index (χ3n) is 1.87. The molecule has 0 bridgehead atoms. The molecule has 15 heteroatoms. The van der Waals surface area contributed by atoms with Crippen LogP contribution in [-0.2, 0) is 26.5 Å². The molecule has 1 aromatic heterocycles. The highest BCUT2D eigenvalue weighted by Crippen LogP contribution is 2.27. The highest BCUT2D eigenvalue weighted by atomic mass is 32.3. The van der Waals surface area contributed by atoms with Crippen molar-refractivity contribution in [3.63, 3.8) is 0 Å². The Balaban J connectivity index is 0.000000502. The third-order valence-corrected chi connectivity index (χ3v) is 4.84. The molecule has 0 aliphatic rings. The summed E-state index contributed by atoms with van der Waals surface area (Å²) in [4.78, 5) is 7.08. The molecule has 1 heterocycles. The van der Waals surface area contributed by atoms with Crippen molar-refractivity contribution >= 4 is 20.0 Å². The van der Waals surface area contributed by atoms with Gasteiger partial charge in [0.1, 0.15) is 5.82 Å². The van der Waals surface area contributed by atoms with Gasteiger partial charge < -0.3 is 4.98 Å². The smallest absolute Gasteiger partial charge is 0.349 e. The van der Waals surface area contributed by atoms with Crippen molar-refractivity contribution in [3.8, 4) is 0 Å². The predicted molar refractivity (Wildman–Crippen MR) is 65.7 cm³/mol. The maximum absolute atomic E-state index is 11.5. The van der Waals surface area contributed by atoms with Gasteiger partial charge in [0.2, 0.25) is 0 Å². The fourth-order valence-corrected chi connectivity index (χ4v) is 2.82. The number of alkyl halides is 6. The van der Waals surface area contributed by atoms with Crippen LogP contribution in [0.3, 0.4) is 0 Å². The van der Waals surface area contributed by atoms with Crippen LogP contribution in [0.1, 0.15) is 19.2 Å². The van der Waals surface area contributed by atoms with Crippen LogP contribution in [0.2, 0.25) is 0 Å². The number of aromatic amines is 1. The lowest BCUT2D eigenvalue weighted by Gasteiger charge is -2.11. The fourth-order valence-electron chi connectivity index (χ4n) is 0.910. The van der Waals surface area contributed by atoms with E-state index in [0.717, 1.165) is 18.7 Å². The van der Waals surface area contributed by atoms with Crippen LogP contribution in [0, 0.1) is 0 Å². The highest BCUT2D eigenvalue weighted by Gasteiger charge is 2.55. The zero-order valence-corrected chi connectivity index (χ0v) is 12.9. The summed E-state index contributed by atoms with van der Waals surface area (Å²) in [6, 6.07) is 0. The Hall–Kier alpha value is -1.35. The molecule has 136 valence electrons. The lowest BCUT2D eigenvalue weighted by atomic mass is 10.3. The monoisotopic (exact) mass is 391 g/mol. The molecular formula is C8H11F6N3O4S2. The molecule has 0 saturated carbocycles. The summed E-state index contributed by atoms with van der Waals surface area (Å²) in [5.41, 5.74) is -12.3. The summed E-state index contributed by atoms with van der Waals surface area (Å²) in [6.07, 6.45) is 5.86. The van der Waals surface area contributed by atoms with Gasteiger partial charge in [-0.05, 0) is 6.42 Å². The van der Waals surface area contributed by atoms with Gasteiger partial charge in [-0.1, -0.05) is 11.1 Å². The molecule has 1 aromatic rings. The Bertz CT molecular complexity index is 636. The Morgan fingerprint density at radius 2 is 1.48 bits per heavy atom. The summed E-state index contributed by atoms with van der Waals surface area (Å²) in [5.74, 6) is 1.09. The molecule has 7 nitrogen and oxygen atoms in total. The minimum atomic E-state index is -6.60. The van der Waals surface area contributed by atoms with Crippen LogP contribution in [0.5, 0.6) is 0 Å². The average Bonchev–Trinajstić information content (AvgIpc) is 2.78. The molecule has 2 N–H and O–H groups in total. The topological polar surface area (TPSA) is 109 Å². The van der Waals surface area contributed by atoms with Gasteiger partial charge >= 0.3 is 31.1 Å². The molecule has 1 rings (SSSR count). The SMILES string of the molecule is CCCc1ncc[nH]1.O=S(=O)(NS(=O)(=O)C(F)(F)F)C(F)(F)F. The van der Waals surface area contributed by atoms with Gasteiger partial charge in [-0.25, -0.2) is 21.8 Å². The fraction of sp³-hybridized carbons (Fsp3) is 0.625. The normalized spacial score (nSPS) is 13.3. The number of hydrogen-bond acceptors (Lipinski definition) is 5. The standard InChI is InChI=1S/C6H10N2.C2HF6NO4S2/c1-2-3-6-7-4-5-8-6;3-1(4,5)14(10,11)9-15(12,13)2(6,7)8/h4-5H,2-3H2,1H3,(H,7,8);9H. The molecule has 0 aliphatic heterocycles. The summed E-state index contributed by atoms with van der Waals surface area (Å²) in [5, 5.41) is 0. The van der Waals surface area contributed by atoms with Crippen molar-refractivity contribution in [1.29, 1.82) is 0 Å². The number of hydrogen-bond donors (Lipinski definition) is 2. The van der Waals surface area contributed by atoms with Crippen LogP contribution in [-0.4, -0.2) is 37.8 Å². The van der Waals surface area contributed by atoms with Gasteiger partial charge in [0.25, 0.3) is 0 Å². The molecule has 0 atom stereocenters. The van der Waals surface area contributed by atoms with Crippen molar-refractivity contribution in [2.45, 2.75) is 30.8 Å². The highest BCUT2D eigenvalue weighted by molar-refractivity contribution is 8.05. The van der Waals surface area contributed by atoms with Crippen LogP contribution in [0.25, 0.3) is 0 Å². The van der Waals surface area contributed by atoms with E-state index in [2.05, 4.69) is 16.9 Å². The van der Waals surface area contributed by atoms with Crippen molar-refractivity contribution in [2.24, 2.45) is 0 Å². The van der Waals surface area contributed by atoms with Gasteiger partial charge in [-0.3, -0.25) is 0 Å². The van der Waals surface area contributed by atoms with E-state index in [-0.39, 0.29) is 0 Å². The Morgan fingerprint density at radius 1 is 1.04 bits per heavy atom. The first-order valence-corrected chi connectivity index (χ1v) is 8.50. The van der Waals surface area contributed by atoms with Crippen molar-refractivity contribution in [2.75, 3.05) is 0 Å². The van der Waals surface area contributed by atoms with E-state index in [1.165, 1.54) is 0 Å². The summed E-state index contributed by atoms with van der Waals surface area (Å²) >= 11 is 0. The Morgan fingerprint density at radius 3 is 1.74 bits per heavy atom. The number of halogens is 6. The van der Waals surface area contributed by atoms with Gasteiger partial charge in [0.15, 0.2) is 0 Å². The van der Waals surface area contributed by atoms with Crippen LogP contribution >= 0.6 is 0 Å². The summed E-state index contributed by atoms with van der Waals surface area (Å²) < 4.78 is 108. The Kier molecular flexibility index (Phi) is 7.04. The van der Waals surface area contributed by atoms with E-state index in [9.17, 15) is 43.2 Å². The van der Waals surface area contributed by atoms with Gasteiger partial charge in [0, 0.05) is 18.8 Å². The van der Waals surface area contributed by atoms with Crippen molar-refractivity contribution in [1.82, 2.24) is 14.1 Å². The molecule has 0 radical (unpaired) electrons. The lowest BCUT2D eigenvalue weighted by molar-refractivity contribution is -0.0476. The van der Waals surface area contributed by atoms with E-state index in [1.54, 1.807) is 6.20 Å². The molecule has 0 spiro atoms. The summed E-state index contributed by atoms with van der Waals surface area (Å²) in [6.45, 7) is 2.14. The van der Waals surface area contributed by atoms with Gasteiger partial charge in [0.05, 0.1) is 0 Å². The second-order valence-electron chi connectivity index (χ2n) is 3.77. The molecule has 23 heavy (non-hydrogen) atoms. The zero-order valence-electron chi connectivity index (χ0n) is 11.2. The number of imidazole rings is 1. The maximum atomic E-state index is 11.5. The molecule has 0 amide bonds. The van der Waals surface area contributed by atoms with E-state index in [1.807, 2.05) is 6.20 Å². The predicted octanol–water partition coefficient (Wildman–Crippen LogP) is 1.64. The third kappa shape index (κ3) is 6.74. The van der Waals surface area contributed by atoms with Gasteiger partial charge in [-0.15, -0.1) is 0 Å². The molecular weight excluding hydrogens is 380 g/mol. The second-order valence-corrected chi connectivity index (χ2v) is 7.37. The first-order valence-electron chi connectivity index (χ1n) is 5.53. The molecule has 0 fully saturated rings. The first kappa shape index (κ1) is 21.6. The van der Waals surface area contributed by atoms with E-state index in [4.69, 9.17) is 0 Å². The minimum absolute atomic E-state index is 0.493. The van der Waals surface area contributed by atoms with Gasteiger partial charge in [-0.2, -0.15) is 26.3 Å². The van der Waals surface area contributed by atoms with E-state index < -0.39 is 35.2 Å². The quantitative estimate of drug-likeness (QED) is 0.759. The van der Waals surface area contributed by atoms with Crippen LogP contribution in [0.15, 0.2) is 12.4 Å². The largest absolute Gasteiger partial charge is 0.512 e. The molecule has 0 saturated heterocycles. The Labute approximate surface area is 127 Å². The summed E-state index contributed by atoms with van der Waals surface area (Å²) in [7, 11) is -13.2. The molecule has 0 unspecified atom stereocenters. The number of rotatable bonds is 4. The molecule has 0 aliphatic carbocycles. The lowest BCUT2D eigenvalue weighted by Crippen LogP contribution is -2.45. The van der Waals surface area contributed by atoms with Crippen molar-refractivity contribution in [3.05, 3.63) is 18.2 Å². The second kappa shape index (κ2) is 7.48. The van der Waals surface area contributed by atoms with Crippen LogP contribution in [0.4, 0.5) is 26.3 Å². The number of aromatic nitrogens is 2. The van der Waals surface area contributed by atoms with Crippen molar-refractivity contribution < 1.29 is 43.2 Å². The van der Waals surface area contributed by atoms with Crippen LogP contribution < -0.4 is 4.13 Å². The zero-order chi connectivity index (χ0) is 18.5. The number of nitrogens with one attached hydrogen (secondary N) is 2. The number of sulfonamides is 2. The molecule has 0 aromatic carbocycles. The maximum Gasteiger partial charge on any atom is 0.512 e. The average molecular weight is 391 g/mol. The number of aryl methyl sites for hydroxylation is 1. The number of H-pyrrole nitrogens is 1. The number of nitrogens with zero attached hydrogens (tertiary/aromatic N) is 1. The van der Waals surface area contributed by atoms with E-state index >= 15 is 0 Å². The minimum Gasteiger partial charge on any atom is -0.349 e. The van der Waals surface area contributed by atoms with E-state index in [0.29, 0.717) is 0 Å².